The first-order chi connectivity index (χ1) is 8.79. The maximum atomic E-state index is 11.5. The minimum absolute atomic E-state index is 0.0473. The number of thioether (sulfide) groups is 1. The molecule has 2 rings (SSSR count). The molecule has 3 N–H and O–H groups in total. The van der Waals surface area contributed by atoms with E-state index in [0.29, 0.717) is 18.7 Å². The van der Waals surface area contributed by atoms with Gasteiger partial charge < -0.3 is 15.4 Å². The van der Waals surface area contributed by atoms with Gasteiger partial charge in [0.2, 0.25) is 5.91 Å². The van der Waals surface area contributed by atoms with E-state index in [2.05, 4.69) is 15.3 Å². The summed E-state index contributed by atoms with van der Waals surface area (Å²) in [5.41, 5.74) is 1.88. The van der Waals surface area contributed by atoms with Crippen LogP contribution in [0.15, 0.2) is 29.4 Å². The topological polar surface area (TPSA) is 78.0 Å². The highest BCUT2D eigenvalue weighted by atomic mass is 32.2. The smallest absolute Gasteiger partial charge is 0.230 e. The van der Waals surface area contributed by atoms with Crippen LogP contribution in [0.5, 0.6) is 0 Å². The van der Waals surface area contributed by atoms with E-state index in [1.54, 1.807) is 0 Å². The lowest BCUT2D eigenvalue weighted by Crippen LogP contribution is -2.26. The average molecular weight is 265 g/mol. The Morgan fingerprint density at radius 2 is 2.28 bits per heavy atom. The highest BCUT2D eigenvalue weighted by Gasteiger charge is 2.06. The number of rotatable bonds is 6. The third kappa shape index (κ3) is 3.48. The third-order valence-corrected chi connectivity index (χ3v) is 3.24. The Bertz CT molecular complexity index is 494. The first-order valence-electron chi connectivity index (χ1n) is 5.74. The zero-order valence-corrected chi connectivity index (χ0v) is 10.7. The van der Waals surface area contributed by atoms with Crippen molar-refractivity contribution in [2.45, 2.75) is 11.6 Å². The number of benzene rings is 1. The van der Waals surface area contributed by atoms with Crippen molar-refractivity contribution in [3.05, 3.63) is 24.3 Å². The quantitative estimate of drug-likeness (QED) is 0.541. The van der Waals surface area contributed by atoms with Crippen molar-refractivity contribution in [3.63, 3.8) is 0 Å². The van der Waals surface area contributed by atoms with Crippen LogP contribution in [0.3, 0.4) is 0 Å². The number of aliphatic hydroxyl groups excluding tert-OH is 1. The molecule has 1 amide bonds. The summed E-state index contributed by atoms with van der Waals surface area (Å²) in [5, 5.41) is 12.1. The molecule has 0 spiro atoms. The zero-order valence-electron chi connectivity index (χ0n) is 9.85. The van der Waals surface area contributed by atoms with E-state index in [9.17, 15) is 4.79 Å². The number of aromatic amines is 1. The molecule has 0 atom stereocenters. The van der Waals surface area contributed by atoms with Crippen LogP contribution < -0.4 is 5.32 Å². The molecule has 1 heterocycles. The van der Waals surface area contributed by atoms with Crippen LogP contribution in [0, 0.1) is 0 Å². The molecule has 5 nitrogen and oxygen atoms in total. The zero-order chi connectivity index (χ0) is 12.8. The van der Waals surface area contributed by atoms with Gasteiger partial charge in [-0.1, -0.05) is 23.9 Å². The number of aliphatic hydroxyl groups is 1. The van der Waals surface area contributed by atoms with Crippen molar-refractivity contribution < 1.29 is 9.90 Å². The number of H-pyrrole nitrogens is 1. The lowest BCUT2D eigenvalue weighted by atomic mass is 10.3. The summed E-state index contributed by atoms with van der Waals surface area (Å²) in [6, 6.07) is 7.75. The lowest BCUT2D eigenvalue weighted by molar-refractivity contribution is -0.118. The predicted octanol–water partition coefficient (Wildman–Crippen LogP) is 1.15. The van der Waals surface area contributed by atoms with Crippen LogP contribution in [-0.2, 0) is 4.79 Å². The van der Waals surface area contributed by atoms with E-state index in [4.69, 9.17) is 5.11 Å². The standard InChI is InChI=1S/C12H15N3O2S/c16-7-3-6-13-11(17)8-18-12-14-9-4-1-2-5-10(9)15-12/h1-2,4-5,16H,3,6-8H2,(H,13,17)(H,14,15). The molecule has 0 radical (unpaired) electrons. The molecule has 0 aliphatic heterocycles. The van der Waals surface area contributed by atoms with Crippen molar-refractivity contribution in [1.29, 1.82) is 0 Å². The summed E-state index contributed by atoms with van der Waals surface area (Å²) < 4.78 is 0. The van der Waals surface area contributed by atoms with Gasteiger partial charge in [-0.3, -0.25) is 4.79 Å². The predicted molar refractivity (Wildman–Crippen MR) is 71.5 cm³/mol. The normalized spacial score (nSPS) is 10.7. The molecule has 18 heavy (non-hydrogen) atoms. The summed E-state index contributed by atoms with van der Waals surface area (Å²) in [7, 11) is 0. The van der Waals surface area contributed by atoms with Crippen LogP contribution in [0.4, 0.5) is 0 Å². The molecular formula is C12H15N3O2S. The Balaban J connectivity index is 1.84. The SMILES string of the molecule is O=C(CSc1nc2ccccc2[nH]1)NCCCO. The third-order valence-electron chi connectivity index (χ3n) is 2.36. The first kappa shape index (κ1) is 12.9. The number of carbonyl (C=O) groups is 1. The van der Waals surface area contributed by atoms with Crippen molar-refractivity contribution in [3.8, 4) is 0 Å². The molecule has 0 unspecified atom stereocenters. The van der Waals surface area contributed by atoms with Gasteiger partial charge in [0.05, 0.1) is 16.8 Å². The van der Waals surface area contributed by atoms with Crippen LogP contribution in [0.25, 0.3) is 11.0 Å². The van der Waals surface area contributed by atoms with Gasteiger partial charge in [0.15, 0.2) is 5.16 Å². The van der Waals surface area contributed by atoms with Gasteiger partial charge in [-0.05, 0) is 18.6 Å². The maximum Gasteiger partial charge on any atom is 0.230 e. The molecule has 0 saturated heterocycles. The van der Waals surface area contributed by atoms with E-state index in [-0.39, 0.29) is 12.5 Å². The van der Waals surface area contributed by atoms with Gasteiger partial charge in [0.25, 0.3) is 0 Å². The number of fused-ring (bicyclic) bond motifs is 1. The molecule has 2 aromatic rings. The number of imidazole rings is 1. The number of hydrogen-bond acceptors (Lipinski definition) is 4. The van der Waals surface area contributed by atoms with E-state index in [1.807, 2.05) is 24.3 Å². The fourth-order valence-electron chi connectivity index (χ4n) is 1.49. The molecule has 0 saturated carbocycles. The van der Waals surface area contributed by atoms with E-state index in [1.165, 1.54) is 11.8 Å². The van der Waals surface area contributed by atoms with Crippen molar-refractivity contribution in [2.24, 2.45) is 0 Å². The molecule has 6 heteroatoms. The minimum atomic E-state index is -0.0473. The minimum Gasteiger partial charge on any atom is -0.396 e. The first-order valence-corrected chi connectivity index (χ1v) is 6.73. The van der Waals surface area contributed by atoms with Gasteiger partial charge in [-0.2, -0.15) is 0 Å². The monoisotopic (exact) mass is 265 g/mol. The van der Waals surface area contributed by atoms with Crippen molar-refractivity contribution >= 4 is 28.7 Å². The molecule has 0 aliphatic carbocycles. The number of para-hydroxylation sites is 2. The second-order valence-electron chi connectivity index (χ2n) is 3.77. The number of aromatic nitrogens is 2. The second kappa shape index (κ2) is 6.42. The summed E-state index contributed by atoms with van der Waals surface area (Å²) >= 11 is 1.37. The number of hydrogen-bond donors (Lipinski definition) is 3. The molecule has 0 bridgehead atoms. The highest BCUT2D eigenvalue weighted by Crippen LogP contribution is 2.18. The molecule has 1 aromatic carbocycles. The van der Waals surface area contributed by atoms with Crippen LogP contribution >= 0.6 is 11.8 Å². The molecule has 0 fully saturated rings. The number of nitrogens with zero attached hydrogens (tertiary/aromatic N) is 1. The fraction of sp³-hybridized carbons (Fsp3) is 0.333. The fourth-order valence-corrected chi connectivity index (χ4v) is 2.20. The Morgan fingerprint density at radius 3 is 3.06 bits per heavy atom. The molecule has 1 aromatic heterocycles. The van der Waals surface area contributed by atoms with Gasteiger partial charge in [-0.25, -0.2) is 4.98 Å². The Kier molecular flexibility index (Phi) is 4.60. The van der Waals surface area contributed by atoms with Gasteiger partial charge >= 0.3 is 0 Å². The van der Waals surface area contributed by atoms with Gasteiger partial charge in [0.1, 0.15) is 0 Å². The number of nitrogens with one attached hydrogen (secondary N) is 2. The molecule has 96 valence electrons. The van der Waals surface area contributed by atoms with E-state index >= 15 is 0 Å². The Hall–Kier alpha value is -1.53. The van der Waals surface area contributed by atoms with Crippen molar-refractivity contribution in [2.75, 3.05) is 18.9 Å². The maximum absolute atomic E-state index is 11.5. The average Bonchev–Trinajstić information content (AvgIpc) is 2.79. The highest BCUT2D eigenvalue weighted by molar-refractivity contribution is 7.99. The summed E-state index contributed by atoms with van der Waals surface area (Å²) in [5.74, 6) is 0.277. The van der Waals surface area contributed by atoms with Crippen LogP contribution in [0.2, 0.25) is 0 Å². The van der Waals surface area contributed by atoms with Crippen LogP contribution in [0.1, 0.15) is 6.42 Å². The van der Waals surface area contributed by atoms with Crippen LogP contribution in [-0.4, -0.2) is 39.9 Å². The molecule has 0 aliphatic rings. The summed E-state index contributed by atoms with van der Waals surface area (Å²) in [6.45, 7) is 0.604. The number of carbonyl (C=O) groups excluding carboxylic acids is 1. The van der Waals surface area contributed by atoms with Gasteiger partial charge in [0, 0.05) is 13.2 Å². The number of amides is 1. The van der Waals surface area contributed by atoms with E-state index in [0.717, 1.165) is 16.2 Å². The Labute approximate surface area is 109 Å². The summed E-state index contributed by atoms with van der Waals surface area (Å²) in [6.07, 6.45) is 0.584. The van der Waals surface area contributed by atoms with E-state index < -0.39 is 0 Å². The van der Waals surface area contributed by atoms with Gasteiger partial charge in [-0.15, -0.1) is 0 Å². The Morgan fingerprint density at radius 1 is 1.44 bits per heavy atom. The lowest BCUT2D eigenvalue weighted by Gasteiger charge is -2.01. The van der Waals surface area contributed by atoms with Crippen molar-refractivity contribution in [1.82, 2.24) is 15.3 Å². The summed E-state index contributed by atoms with van der Waals surface area (Å²) in [4.78, 5) is 19.0. The molecular weight excluding hydrogens is 250 g/mol. The second-order valence-corrected chi connectivity index (χ2v) is 4.74. The largest absolute Gasteiger partial charge is 0.396 e.